The molecule has 4 rings (SSSR count). The highest BCUT2D eigenvalue weighted by molar-refractivity contribution is 7.98. The van der Waals surface area contributed by atoms with Gasteiger partial charge in [0.25, 0.3) is 0 Å². The third-order valence-electron chi connectivity index (χ3n) is 3.82. The van der Waals surface area contributed by atoms with E-state index in [0.717, 1.165) is 17.1 Å². The predicted molar refractivity (Wildman–Crippen MR) is 117 cm³/mol. The predicted octanol–water partition coefficient (Wildman–Crippen LogP) is 5.44. The summed E-state index contributed by atoms with van der Waals surface area (Å²) in [5, 5.41) is 14.0. The normalized spacial score (nSPS) is 10.7. The van der Waals surface area contributed by atoms with E-state index in [-0.39, 0.29) is 0 Å². The highest BCUT2D eigenvalue weighted by atomic mass is 32.2. The SMILES string of the molecule is CC.Cc1ccc(/C=N/n2c(SCc3ccccc3)nnc2-c2ccncc2)o1. The lowest BCUT2D eigenvalue weighted by molar-refractivity contribution is 0.527. The van der Waals surface area contributed by atoms with Crippen molar-refractivity contribution in [1.82, 2.24) is 19.9 Å². The first-order valence-corrected chi connectivity index (χ1v) is 10.4. The molecule has 3 aromatic heterocycles. The standard InChI is InChI=1S/C20H17N5OS.C2H6/c1-15-7-8-18(26-15)13-22-25-19(17-9-11-21-12-10-17)23-24-20(25)27-14-16-5-3-2-4-6-16;1-2/h2-13H,14H2,1H3;1-2H3/b22-13+;. The quantitative estimate of drug-likeness (QED) is 0.315. The number of pyridine rings is 1. The maximum Gasteiger partial charge on any atom is 0.212 e. The van der Waals surface area contributed by atoms with E-state index in [2.05, 4.69) is 32.4 Å². The Kier molecular flexibility index (Phi) is 7.35. The molecule has 0 spiro atoms. The molecule has 0 N–H and O–H groups in total. The molecule has 0 aliphatic rings. The first-order chi connectivity index (χ1) is 14.3. The molecule has 0 amide bonds. The van der Waals surface area contributed by atoms with Gasteiger partial charge in [0.05, 0.1) is 6.21 Å². The molecule has 0 fully saturated rings. The molecule has 0 radical (unpaired) electrons. The van der Waals surface area contributed by atoms with Gasteiger partial charge in [0.15, 0.2) is 5.82 Å². The third kappa shape index (κ3) is 5.42. The summed E-state index contributed by atoms with van der Waals surface area (Å²) in [6.07, 6.45) is 5.13. The minimum atomic E-state index is 0.660. The third-order valence-corrected chi connectivity index (χ3v) is 4.81. The number of hydrogen-bond acceptors (Lipinski definition) is 6. The first kappa shape index (κ1) is 20.5. The molecule has 0 saturated heterocycles. The van der Waals surface area contributed by atoms with Gasteiger partial charge in [-0.25, -0.2) is 0 Å². The van der Waals surface area contributed by atoms with Crippen molar-refractivity contribution in [3.63, 3.8) is 0 Å². The second-order valence-corrected chi connectivity index (χ2v) is 6.76. The summed E-state index contributed by atoms with van der Waals surface area (Å²) in [5.41, 5.74) is 2.12. The van der Waals surface area contributed by atoms with Crippen molar-refractivity contribution in [2.45, 2.75) is 31.7 Å². The number of aryl methyl sites for hydroxylation is 1. The number of rotatable bonds is 6. The van der Waals surface area contributed by atoms with Crippen LogP contribution in [0.25, 0.3) is 11.4 Å². The molecule has 0 unspecified atom stereocenters. The number of hydrogen-bond donors (Lipinski definition) is 0. The maximum atomic E-state index is 5.58. The Hall–Kier alpha value is -3.19. The summed E-state index contributed by atoms with van der Waals surface area (Å²) in [6, 6.07) is 17.8. The van der Waals surface area contributed by atoms with Gasteiger partial charge in [-0.3, -0.25) is 4.98 Å². The van der Waals surface area contributed by atoms with Crippen LogP contribution in [0.2, 0.25) is 0 Å². The van der Waals surface area contributed by atoms with Crippen LogP contribution in [0.1, 0.15) is 30.9 Å². The van der Waals surface area contributed by atoms with Crippen LogP contribution >= 0.6 is 11.8 Å². The zero-order chi connectivity index (χ0) is 20.5. The van der Waals surface area contributed by atoms with Gasteiger partial charge in [-0.05, 0) is 36.8 Å². The van der Waals surface area contributed by atoms with Gasteiger partial charge >= 0.3 is 0 Å². The maximum absolute atomic E-state index is 5.58. The largest absolute Gasteiger partial charge is 0.460 e. The highest BCUT2D eigenvalue weighted by Gasteiger charge is 2.14. The molecule has 0 aliphatic heterocycles. The molecule has 0 atom stereocenters. The monoisotopic (exact) mass is 405 g/mol. The first-order valence-electron chi connectivity index (χ1n) is 9.43. The van der Waals surface area contributed by atoms with E-state index in [1.807, 2.05) is 63.2 Å². The van der Waals surface area contributed by atoms with E-state index < -0.39 is 0 Å². The molecule has 4 aromatic rings. The van der Waals surface area contributed by atoms with Crippen molar-refractivity contribution >= 4 is 18.0 Å². The van der Waals surface area contributed by atoms with Crippen LogP contribution in [0, 0.1) is 6.92 Å². The molecule has 148 valence electrons. The van der Waals surface area contributed by atoms with E-state index in [1.165, 1.54) is 5.56 Å². The second kappa shape index (κ2) is 10.4. The van der Waals surface area contributed by atoms with Gasteiger partial charge < -0.3 is 4.42 Å². The Morgan fingerprint density at radius 3 is 2.45 bits per heavy atom. The summed E-state index contributed by atoms with van der Waals surface area (Å²) in [5.74, 6) is 2.96. The molecule has 1 aromatic carbocycles. The Balaban J connectivity index is 0.00000117. The molecule has 6 nitrogen and oxygen atoms in total. The molecular formula is C22H23N5OS. The van der Waals surface area contributed by atoms with E-state index in [1.54, 1.807) is 35.0 Å². The lowest BCUT2D eigenvalue weighted by atomic mass is 10.2. The van der Waals surface area contributed by atoms with Crippen molar-refractivity contribution in [3.05, 3.63) is 84.1 Å². The fourth-order valence-corrected chi connectivity index (χ4v) is 3.34. The molecular weight excluding hydrogens is 382 g/mol. The number of nitrogens with zero attached hydrogens (tertiary/aromatic N) is 5. The number of furan rings is 1. The van der Waals surface area contributed by atoms with E-state index in [4.69, 9.17) is 4.42 Å². The van der Waals surface area contributed by atoms with Crippen molar-refractivity contribution in [2.75, 3.05) is 0 Å². The van der Waals surface area contributed by atoms with Gasteiger partial charge in [0.1, 0.15) is 11.5 Å². The number of thioether (sulfide) groups is 1. The smallest absolute Gasteiger partial charge is 0.212 e. The Morgan fingerprint density at radius 1 is 1.00 bits per heavy atom. The fourth-order valence-electron chi connectivity index (χ4n) is 2.50. The van der Waals surface area contributed by atoms with Crippen LogP contribution in [0.4, 0.5) is 0 Å². The molecule has 29 heavy (non-hydrogen) atoms. The Bertz CT molecular complexity index is 1040. The molecule has 0 bridgehead atoms. The van der Waals surface area contributed by atoms with Gasteiger partial charge in [-0.15, -0.1) is 10.2 Å². The van der Waals surface area contributed by atoms with E-state index in [0.29, 0.717) is 16.7 Å². The molecule has 0 saturated carbocycles. The molecule has 7 heteroatoms. The summed E-state index contributed by atoms with van der Waals surface area (Å²) in [4.78, 5) is 4.06. The second-order valence-electron chi connectivity index (χ2n) is 5.82. The van der Waals surface area contributed by atoms with Crippen LogP contribution in [-0.2, 0) is 5.75 Å². The summed E-state index contributed by atoms with van der Waals surface area (Å²) in [6.45, 7) is 5.90. The van der Waals surface area contributed by atoms with Crippen LogP contribution < -0.4 is 0 Å². The Labute approximate surface area is 174 Å². The van der Waals surface area contributed by atoms with Crippen molar-refractivity contribution in [1.29, 1.82) is 0 Å². The van der Waals surface area contributed by atoms with Gasteiger partial charge in [0.2, 0.25) is 5.16 Å². The molecule has 3 heterocycles. The summed E-state index contributed by atoms with van der Waals surface area (Å²) >= 11 is 1.59. The van der Waals surface area contributed by atoms with Gasteiger partial charge in [-0.1, -0.05) is 55.9 Å². The Morgan fingerprint density at radius 2 is 1.76 bits per heavy atom. The van der Waals surface area contributed by atoms with Gasteiger partial charge in [-0.2, -0.15) is 9.78 Å². The minimum absolute atomic E-state index is 0.660. The highest BCUT2D eigenvalue weighted by Crippen LogP contribution is 2.26. The van der Waals surface area contributed by atoms with Crippen LogP contribution in [-0.4, -0.2) is 26.1 Å². The lowest BCUT2D eigenvalue weighted by Crippen LogP contribution is -1.97. The van der Waals surface area contributed by atoms with Crippen LogP contribution in [0.3, 0.4) is 0 Å². The average Bonchev–Trinajstić information content (AvgIpc) is 3.39. The van der Waals surface area contributed by atoms with Crippen LogP contribution in [0.15, 0.2) is 81.7 Å². The molecule has 0 aliphatic carbocycles. The summed E-state index contributed by atoms with van der Waals surface area (Å²) in [7, 11) is 0. The van der Waals surface area contributed by atoms with Crippen molar-refractivity contribution in [2.24, 2.45) is 5.10 Å². The summed E-state index contributed by atoms with van der Waals surface area (Å²) < 4.78 is 7.31. The zero-order valence-corrected chi connectivity index (χ0v) is 17.5. The zero-order valence-electron chi connectivity index (χ0n) is 16.7. The number of aromatic nitrogens is 4. The topological polar surface area (TPSA) is 69.1 Å². The van der Waals surface area contributed by atoms with E-state index >= 15 is 0 Å². The minimum Gasteiger partial charge on any atom is -0.460 e. The fraction of sp³-hybridized carbons (Fsp3) is 0.182. The van der Waals surface area contributed by atoms with Crippen LogP contribution in [0.5, 0.6) is 0 Å². The van der Waals surface area contributed by atoms with Gasteiger partial charge in [0, 0.05) is 23.7 Å². The van der Waals surface area contributed by atoms with E-state index in [9.17, 15) is 0 Å². The van der Waals surface area contributed by atoms with Crippen molar-refractivity contribution in [3.8, 4) is 11.4 Å². The average molecular weight is 406 g/mol. The van der Waals surface area contributed by atoms with Crippen molar-refractivity contribution < 1.29 is 4.42 Å². The number of benzene rings is 1. The lowest BCUT2D eigenvalue weighted by Gasteiger charge is -2.04.